The van der Waals surface area contributed by atoms with E-state index in [-0.39, 0.29) is 19.1 Å². The molecule has 0 radical (unpaired) electrons. The number of amides is 1. The predicted molar refractivity (Wildman–Crippen MR) is 335 cm³/mol. The van der Waals surface area contributed by atoms with Crippen LogP contribution in [0.25, 0.3) is 0 Å². The number of quaternary nitrogens is 1. The van der Waals surface area contributed by atoms with Crippen molar-refractivity contribution in [3.8, 4) is 0 Å². The summed E-state index contributed by atoms with van der Waals surface area (Å²) in [5.41, 5.74) is 0. The molecule has 0 aliphatic heterocycles. The van der Waals surface area contributed by atoms with Crippen LogP contribution < -0.4 is 10.2 Å². The van der Waals surface area contributed by atoms with Gasteiger partial charge in [-0.3, -0.25) is 9.36 Å². The van der Waals surface area contributed by atoms with Crippen LogP contribution in [0.5, 0.6) is 0 Å². The second-order valence-corrected chi connectivity index (χ2v) is 26.7. The summed E-state index contributed by atoms with van der Waals surface area (Å²) in [6.45, 7) is 4.78. The average Bonchev–Trinajstić information content (AvgIpc) is 3.39. The Morgan fingerprint density at radius 3 is 1.01 bits per heavy atom. The van der Waals surface area contributed by atoms with Gasteiger partial charge in [-0.15, -0.1) is 0 Å². The van der Waals surface area contributed by atoms with Gasteiger partial charge in [-0.25, -0.2) is 0 Å². The SMILES string of the molecule is CCCCCCCCCC/C=C\CCCCCCCCCCCCCCCCCCCCCCCCCCCC(=O)NC(COP(=O)([O-])OCC[N+](C)(C)C)C(O)CCCCCCCCCCCCCCCCCCCC. The first-order chi connectivity index (χ1) is 37.5. The lowest BCUT2D eigenvalue weighted by molar-refractivity contribution is -0.870. The topological polar surface area (TPSA) is 108 Å². The van der Waals surface area contributed by atoms with Gasteiger partial charge in [0.15, 0.2) is 0 Å². The van der Waals surface area contributed by atoms with Gasteiger partial charge < -0.3 is 28.8 Å². The number of likely N-dealkylation sites (N-methyl/N-ethyl adjacent to an activating group) is 1. The van der Waals surface area contributed by atoms with Crippen LogP contribution in [0.1, 0.15) is 367 Å². The average molecular weight is 1110 g/mol. The lowest BCUT2D eigenvalue weighted by Crippen LogP contribution is -2.46. The van der Waals surface area contributed by atoms with Gasteiger partial charge in [0.25, 0.3) is 7.82 Å². The van der Waals surface area contributed by atoms with Gasteiger partial charge in [0.2, 0.25) is 5.91 Å². The smallest absolute Gasteiger partial charge is 0.268 e. The molecule has 0 aliphatic carbocycles. The number of aliphatic hydroxyl groups is 1. The summed E-state index contributed by atoms with van der Waals surface area (Å²) in [5.74, 6) is -0.155. The van der Waals surface area contributed by atoms with Crippen LogP contribution in [0.2, 0.25) is 0 Å². The maximum absolute atomic E-state index is 13.0. The molecule has 2 N–H and O–H groups in total. The highest BCUT2D eigenvalue weighted by molar-refractivity contribution is 7.45. The van der Waals surface area contributed by atoms with Crippen LogP contribution >= 0.6 is 7.82 Å². The monoisotopic (exact) mass is 1110 g/mol. The number of hydrogen-bond acceptors (Lipinski definition) is 6. The highest BCUT2D eigenvalue weighted by Crippen LogP contribution is 2.38. The fraction of sp³-hybridized carbons (Fsp3) is 0.956. The van der Waals surface area contributed by atoms with Crippen molar-refractivity contribution in [1.82, 2.24) is 5.32 Å². The summed E-state index contributed by atoms with van der Waals surface area (Å²) in [4.78, 5) is 25.6. The van der Waals surface area contributed by atoms with E-state index in [1.807, 2.05) is 21.1 Å². The zero-order valence-corrected chi connectivity index (χ0v) is 53.6. The van der Waals surface area contributed by atoms with E-state index in [0.717, 1.165) is 38.5 Å². The van der Waals surface area contributed by atoms with Gasteiger partial charge in [-0.05, 0) is 38.5 Å². The molecule has 9 heteroatoms. The van der Waals surface area contributed by atoms with Crippen molar-refractivity contribution >= 4 is 13.7 Å². The number of unbranched alkanes of at least 4 members (excludes halogenated alkanes) is 50. The molecule has 0 rings (SSSR count). The minimum absolute atomic E-state index is 0.0161. The normalized spacial score (nSPS) is 13.7. The third-order valence-corrected chi connectivity index (χ3v) is 17.2. The standard InChI is InChI=1S/C68H137N2O6P/c1-6-8-10-12-14-16-18-20-22-24-26-27-28-29-30-31-32-33-34-35-36-37-38-39-40-41-42-43-44-46-48-50-52-54-56-58-60-62-68(72)69-66(65-76-77(73,74)75-64-63-70(3,4)5)67(71)61-59-57-55-53-51-49-47-45-25-23-21-19-17-15-13-11-9-7-2/h24,26,66-67,71H,6-23,25,27-65H2,1-5H3,(H-,69,72,73,74)/b26-24-. The lowest BCUT2D eigenvalue weighted by atomic mass is 10.0. The Morgan fingerprint density at radius 1 is 0.442 bits per heavy atom. The summed E-state index contributed by atoms with van der Waals surface area (Å²) in [6.07, 6.45) is 75.8. The number of rotatable bonds is 65. The minimum atomic E-state index is -4.57. The Bertz CT molecular complexity index is 1260. The van der Waals surface area contributed by atoms with Gasteiger partial charge in [0.1, 0.15) is 13.2 Å². The molecule has 0 aromatic heterocycles. The summed E-state index contributed by atoms with van der Waals surface area (Å²) in [7, 11) is 1.33. The summed E-state index contributed by atoms with van der Waals surface area (Å²) >= 11 is 0. The molecule has 0 aliphatic rings. The van der Waals surface area contributed by atoms with E-state index in [1.54, 1.807) is 0 Å². The summed E-state index contributed by atoms with van der Waals surface area (Å²) in [6, 6.07) is -0.797. The molecule has 0 fully saturated rings. The molecule has 77 heavy (non-hydrogen) atoms. The molecular weight excluding hydrogens is 972 g/mol. The van der Waals surface area contributed by atoms with E-state index in [9.17, 15) is 19.4 Å². The minimum Gasteiger partial charge on any atom is -0.756 e. The number of phosphoric ester groups is 1. The fourth-order valence-electron chi connectivity index (χ4n) is 10.9. The van der Waals surface area contributed by atoms with Crippen LogP contribution in [-0.2, 0) is 18.4 Å². The number of carbonyl (C=O) groups is 1. The Labute approximate surface area is 482 Å². The Hall–Kier alpha value is -0.760. The first-order valence-corrected chi connectivity index (χ1v) is 36.0. The van der Waals surface area contributed by atoms with E-state index in [4.69, 9.17) is 9.05 Å². The highest BCUT2D eigenvalue weighted by atomic mass is 31.2. The van der Waals surface area contributed by atoms with Crippen molar-refractivity contribution in [1.29, 1.82) is 0 Å². The molecule has 0 spiro atoms. The molecule has 460 valence electrons. The van der Waals surface area contributed by atoms with E-state index >= 15 is 0 Å². The molecule has 0 heterocycles. The van der Waals surface area contributed by atoms with Crippen molar-refractivity contribution in [3.63, 3.8) is 0 Å². The van der Waals surface area contributed by atoms with Crippen LogP contribution in [-0.4, -0.2) is 68.5 Å². The third kappa shape index (κ3) is 62.7. The molecule has 0 saturated carbocycles. The molecule has 3 atom stereocenters. The van der Waals surface area contributed by atoms with E-state index < -0.39 is 20.0 Å². The number of phosphoric acid groups is 1. The van der Waals surface area contributed by atoms with Crippen LogP contribution in [0.15, 0.2) is 12.2 Å². The largest absolute Gasteiger partial charge is 0.756 e. The van der Waals surface area contributed by atoms with E-state index in [1.165, 1.54) is 302 Å². The second kappa shape index (κ2) is 59.8. The Kier molecular flexibility index (Phi) is 59.3. The first kappa shape index (κ1) is 76.2. The van der Waals surface area contributed by atoms with Gasteiger partial charge in [-0.1, -0.05) is 334 Å². The molecular formula is C68H137N2O6P. The van der Waals surface area contributed by atoms with Crippen molar-refractivity contribution in [2.45, 2.75) is 379 Å². The van der Waals surface area contributed by atoms with Gasteiger partial charge in [0.05, 0.1) is 39.9 Å². The molecule has 0 aromatic carbocycles. The lowest BCUT2D eigenvalue weighted by Gasteiger charge is -2.30. The molecule has 0 saturated heterocycles. The maximum atomic E-state index is 13.0. The molecule has 1 amide bonds. The highest BCUT2D eigenvalue weighted by Gasteiger charge is 2.24. The Balaban J connectivity index is 3.89. The Morgan fingerprint density at radius 2 is 0.714 bits per heavy atom. The van der Waals surface area contributed by atoms with E-state index in [2.05, 4.69) is 31.3 Å². The molecule has 3 unspecified atom stereocenters. The summed E-state index contributed by atoms with van der Waals surface area (Å²) < 4.78 is 23.5. The number of allylic oxidation sites excluding steroid dienone is 2. The van der Waals surface area contributed by atoms with Crippen molar-refractivity contribution in [2.75, 3.05) is 40.9 Å². The van der Waals surface area contributed by atoms with Crippen LogP contribution in [0, 0.1) is 0 Å². The zero-order chi connectivity index (χ0) is 56.3. The van der Waals surface area contributed by atoms with Crippen LogP contribution in [0.3, 0.4) is 0 Å². The van der Waals surface area contributed by atoms with Crippen LogP contribution in [0.4, 0.5) is 0 Å². The first-order valence-electron chi connectivity index (χ1n) is 34.5. The van der Waals surface area contributed by atoms with Crippen molar-refractivity contribution in [3.05, 3.63) is 12.2 Å². The number of carbonyl (C=O) groups excluding carboxylic acids is 1. The molecule has 0 bridgehead atoms. The maximum Gasteiger partial charge on any atom is 0.268 e. The zero-order valence-electron chi connectivity index (χ0n) is 52.7. The van der Waals surface area contributed by atoms with Gasteiger partial charge >= 0.3 is 0 Å². The van der Waals surface area contributed by atoms with Crippen molar-refractivity contribution in [2.24, 2.45) is 0 Å². The molecule has 8 nitrogen and oxygen atoms in total. The van der Waals surface area contributed by atoms with Crippen molar-refractivity contribution < 1.29 is 32.9 Å². The number of aliphatic hydroxyl groups excluding tert-OH is 1. The third-order valence-electron chi connectivity index (χ3n) is 16.3. The van der Waals surface area contributed by atoms with E-state index in [0.29, 0.717) is 23.9 Å². The van der Waals surface area contributed by atoms with Gasteiger partial charge in [0, 0.05) is 6.42 Å². The number of hydrogen-bond donors (Lipinski definition) is 2. The number of nitrogens with one attached hydrogen (secondary N) is 1. The van der Waals surface area contributed by atoms with Gasteiger partial charge in [-0.2, -0.15) is 0 Å². The molecule has 0 aromatic rings. The second-order valence-electron chi connectivity index (χ2n) is 25.2. The summed E-state index contributed by atoms with van der Waals surface area (Å²) in [5, 5.41) is 14.1. The number of nitrogens with zero attached hydrogens (tertiary/aromatic N) is 1. The fourth-order valence-corrected chi connectivity index (χ4v) is 11.6. The quantitative estimate of drug-likeness (QED) is 0.0272. The predicted octanol–water partition coefficient (Wildman–Crippen LogP) is 21.1.